The quantitative estimate of drug-likeness (QED) is 0.692. The van der Waals surface area contributed by atoms with Gasteiger partial charge < -0.3 is 25.2 Å². The van der Waals surface area contributed by atoms with E-state index in [0.717, 1.165) is 12.8 Å². The number of hydrogen-bond acceptors (Lipinski definition) is 4. The van der Waals surface area contributed by atoms with Crippen molar-refractivity contribution in [2.45, 2.75) is 37.8 Å². The third-order valence-electron chi connectivity index (χ3n) is 3.77. The fourth-order valence-electron chi connectivity index (χ4n) is 2.68. The molecule has 0 aromatic rings. The number of hydrogen-bond donors (Lipinski definition) is 3. The van der Waals surface area contributed by atoms with Gasteiger partial charge in [0, 0.05) is 12.6 Å². The first-order chi connectivity index (χ1) is 9.66. The molecule has 20 heavy (non-hydrogen) atoms. The predicted molar refractivity (Wildman–Crippen MR) is 70.5 cm³/mol. The second-order valence-electron chi connectivity index (χ2n) is 5.26. The summed E-state index contributed by atoms with van der Waals surface area (Å²) in [4.78, 5) is 23.0. The lowest BCUT2D eigenvalue weighted by atomic mass is 9.84. The van der Waals surface area contributed by atoms with Crippen LogP contribution in [0.15, 0.2) is 0 Å². The molecule has 7 nitrogen and oxygen atoms in total. The maximum Gasteiger partial charge on any atom is 0.315 e. The van der Waals surface area contributed by atoms with Crippen molar-refractivity contribution in [3.8, 4) is 0 Å². The van der Waals surface area contributed by atoms with Crippen molar-refractivity contribution in [2.75, 3.05) is 26.4 Å². The zero-order chi connectivity index (χ0) is 14.4. The zero-order valence-electron chi connectivity index (χ0n) is 11.5. The van der Waals surface area contributed by atoms with Crippen LogP contribution in [0.4, 0.5) is 4.79 Å². The number of nitrogens with one attached hydrogen (secondary N) is 2. The fourth-order valence-corrected chi connectivity index (χ4v) is 2.68. The van der Waals surface area contributed by atoms with Gasteiger partial charge in [0.2, 0.25) is 0 Å². The highest BCUT2D eigenvalue weighted by Crippen LogP contribution is 2.24. The number of amides is 2. The first kappa shape index (κ1) is 15.1. The third-order valence-corrected chi connectivity index (χ3v) is 3.77. The van der Waals surface area contributed by atoms with Crippen molar-refractivity contribution >= 4 is 12.0 Å². The molecular weight excluding hydrogens is 264 g/mol. The van der Waals surface area contributed by atoms with E-state index in [4.69, 9.17) is 14.6 Å². The SMILES string of the molecule is O=C(NCC1COCCO1)NC1CCCCC1C(=O)O. The molecule has 3 atom stereocenters. The normalized spacial score (nSPS) is 30.5. The Hall–Kier alpha value is -1.34. The van der Waals surface area contributed by atoms with Crippen LogP contribution in [0.2, 0.25) is 0 Å². The van der Waals surface area contributed by atoms with E-state index >= 15 is 0 Å². The van der Waals surface area contributed by atoms with Crippen molar-refractivity contribution < 1.29 is 24.2 Å². The Morgan fingerprint density at radius 1 is 1.20 bits per heavy atom. The van der Waals surface area contributed by atoms with Crippen LogP contribution in [0, 0.1) is 5.92 Å². The Morgan fingerprint density at radius 3 is 2.70 bits per heavy atom. The van der Waals surface area contributed by atoms with Gasteiger partial charge >= 0.3 is 12.0 Å². The minimum atomic E-state index is -0.834. The van der Waals surface area contributed by atoms with Crippen molar-refractivity contribution in [2.24, 2.45) is 5.92 Å². The van der Waals surface area contributed by atoms with Gasteiger partial charge in [-0.3, -0.25) is 4.79 Å². The summed E-state index contributed by atoms with van der Waals surface area (Å²) in [5.74, 6) is -1.32. The molecular formula is C13H22N2O5. The lowest BCUT2D eigenvalue weighted by molar-refractivity contribution is -0.143. The molecule has 1 saturated heterocycles. The van der Waals surface area contributed by atoms with E-state index in [9.17, 15) is 9.59 Å². The minimum absolute atomic E-state index is 0.129. The van der Waals surface area contributed by atoms with E-state index in [1.54, 1.807) is 0 Å². The zero-order valence-corrected chi connectivity index (χ0v) is 11.5. The van der Waals surface area contributed by atoms with Crippen LogP contribution in [0.1, 0.15) is 25.7 Å². The molecule has 2 rings (SSSR count). The summed E-state index contributed by atoms with van der Waals surface area (Å²) in [5, 5.41) is 14.6. The number of carboxylic acids is 1. The van der Waals surface area contributed by atoms with E-state index in [-0.39, 0.29) is 18.2 Å². The summed E-state index contributed by atoms with van der Waals surface area (Å²) in [6.45, 7) is 1.97. The Kier molecular flexibility index (Phi) is 5.60. The number of carboxylic acid groups (broad SMARTS) is 1. The van der Waals surface area contributed by atoms with Crippen LogP contribution < -0.4 is 10.6 Å². The van der Waals surface area contributed by atoms with Crippen LogP contribution >= 0.6 is 0 Å². The lowest BCUT2D eigenvalue weighted by Crippen LogP contribution is -2.50. The highest BCUT2D eigenvalue weighted by atomic mass is 16.6. The smallest absolute Gasteiger partial charge is 0.315 e. The molecule has 1 heterocycles. The molecule has 1 aliphatic heterocycles. The summed E-state index contributed by atoms with van der Waals surface area (Å²) in [5.41, 5.74) is 0. The van der Waals surface area contributed by atoms with E-state index in [1.165, 1.54) is 0 Å². The predicted octanol–water partition coefficient (Wildman–Crippen LogP) is 0.344. The number of carbonyl (C=O) groups excluding carboxylic acids is 1. The van der Waals surface area contributed by atoms with Crippen LogP contribution in [0.5, 0.6) is 0 Å². The molecule has 2 amide bonds. The van der Waals surface area contributed by atoms with E-state index in [2.05, 4.69) is 10.6 Å². The molecule has 114 valence electrons. The van der Waals surface area contributed by atoms with Gasteiger partial charge in [0.25, 0.3) is 0 Å². The molecule has 2 fully saturated rings. The average Bonchev–Trinajstić information content (AvgIpc) is 2.46. The molecule has 0 spiro atoms. The number of carbonyl (C=O) groups is 2. The molecule has 1 aliphatic carbocycles. The van der Waals surface area contributed by atoms with Gasteiger partial charge in [-0.15, -0.1) is 0 Å². The van der Waals surface area contributed by atoms with Gasteiger partial charge in [-0.2, -0.15) is 0 Å². The number of urea groups is 1. The average molecular weight is 286 g/mol. The Bertz CT molecular complexity index is 344. The van der Waals surface area contributed by atoms with Crippen LogP contribution in [-0.2, 0) is 14.3 Å². The van der Waals surface area contributed by atoms with Crippen molar-refractivity contribution in [1.82, 2.24) is 10.6 Å². The molecule has 3 N–H and O–H groups in total. The minimum Gasteiger partial charge on any atom is -0.481 e. The summed E-state index contributed by atoms with van der Waals surface area (Å²) in [6.07, 6.45) is 3.07. The van der Waals surface area contributed by atoms with Gasteiger partial charge in [0.1, 0.15) is 0 Å². The maximum atomic E-state index is 11.8. The van der Waals surface area contributed by atoms with E-state index < -0.39 is 11.9 Å². The molecule has 0 aromatic heterocycles. The fraction of sp³-hybridized carbons (Fsp3) is 0.846. The second-order valence-corrected chi connectivity index (χ2v) is 5.26. The number of aliphatic carboxylic acids is 1. The van der Waals surface area contributed by atoms with E-state index in [0.29, 0.717) is 39.2 Å². The van der Waals surface area contributed by atoms with Gasteiger partial charge in [0.15, 0.2) is 0 Å². The third kappa shape index (κ3) is 4.35. The Labute approximate surface area is 118 Å². The van der Waals surface area contributed by atoms with Crippen molar-refractivity contribution in [1.29, 1.82) is 0 Å². The summed E-state index contributed by atoms with van der Waals surface area (Å²) in [7, 11) is 0. The van der Waals surface area contributed by atoms with Crippen LogP contribution in [0.25, 0.3) is 0 Å². The standard InChI is InChI=1S/C13H22N2O5/c16-12(17)10-3-1-2-4-11(10)15-13(18)14-7-9-8-19-5-6-20-9/h9-11H,1-8H2,(H,16,17)(H2,14,15,18). The molecule has 7 heteroatoms. The summed E-state index contributed by atoms with van der Waals surface area (Å²) < 4.78 is 10.7. The number of ether oxygens (including phenoxy) is 2. The van der Waals surface area contributed by atoms with Crippen LogP contribution in [0.3, 0.4) is 0 Å². The van der Waals surface area contributed by atoms with Crippen molar-refractivity contribution in [3.63, 3.8) is 0 Å². The molecule has 0 radical (unpaired) electrons. The van der Waals surface area contributed by atoms with Crippen LogP contribution in [-0.4, -0.2) is 55.6 Å². The van der Waals surface area contributed by atoms with Crippen molar-refractivity contribution in [3.05, 3.63) is 0 Å². The molecule has 0 bridgehead atoms. The second kappa shape index (κ2) is 7.44. The number of rotatable bonds is 4. The van der Waals surface area contributed by atoms with Gasteiger partial charge in [-0.1, -0.05) is 12.8 Å². The molecule has 1 saturated carbocycles. The monoisotopic (exact) mass is 286 g/mol. The van der Waals surface area contributed by atoms with Gasteiger partial charge in [0.05, 0.1) is 31.8 Å². The van der Waals surface area contributed by atoms with Gasteiger partial charge in [-0.05, 0) is 12.8 Å². The highest BCUT2D eigenvalue weighted by Gasteiger charge is 2.31. The first-order valence-corrected chi connectivity index (χ1v) is 7.13. The van der Waals surface area contributed by atoms with E-state index in [1.807, 2.05) is 0 Å². The lowest BCUT2D eigenvalue weighted by Gasteiger charge is -2.29. The molecule has 3 unspecified atom stereocenters. The highest BCUT2D eigenvalue weighted by molar-refractivity contribution is 5.76. The first-order valence-electron chi connectivity index (χ1n) is 7.13. The molecule has 0 aromatic carbocycles. The Balaban J connectivity index is 1.73. The summed E-state index contributed by atoms with van der Waals surface area (Å²) >= 11 is 0. The van der Waals surface area contributed by atoms with Gasteiger partial charge in [-0.25, -0.2) is 4.79 Å². The summed E-state index contributed by atoms with van der Waals surface area (Å²) in [6, 6.07) is -0.623. The maximum absolute atomic E-state index is 11.8. The molecule has 2 aliphatic rings. The largest absolute Gasteiger partial charge is 0.481 e. The topological polar surface area (TPSA) is 96.9 Å². The Morgan fingerprint density at radius 2 is 2.00 bits per heavy atom.